The fourth-order valence-corrected chi connectivity index (χ4v) is 7.31. The van der Waals surface area contributed by atoms with Crippen molar-refractivity contribution in [1.82, 2.24) is 5.32 Å². The summed E-state index contributed by atoms with van der Waals surface area (Å²) in [6, 6.07) is -0.866. The number of hydrogen-bond acceptors (Lipinski definition) is 5. The number of nitrogens with zero attached hydrogens (tertiary/aromatic N) is 1. The maximum Gasteiger partial charge on any atom is 0.472 e. The average Bonchev–Trinajstić information content (AvgIpc) is 3.20. The van der Waals surface area contributed by atoms with Crippen LogP contribution in [0.3, 0.4) is 0 Å². The smallest absolute Gasteiger partial charge is 0.387 e. The molecule has 60 heavy (non-hydrogen) atoms. The summed E-state index contributed by atoms with van der Waals surface area (Å²) in [7, 11) is 1.54. The highest BCUT2D eigenvalue weighted by molar-refractivity contribution is 7.47. The van der Waals surface area contributed by atoms with Crippen molar-refractivity contribution in [2.45, 2.75) is 206 Å². The zero-order chi connectivity index (χ0) is 44.3. The van der Waals surface area contributed by atoms with Gasteiger partial charge >= 0.3 is 7.82 Å². The van der Waals surface area contributed by atoms with Gasteiger partial charge in [0.2, 0.25) is 5.91 Å². The lowest BCUT2D eigenvalue weighted by molar-refractivity contribution is -0.870. The molecule has 0 saturated heterocycles. The fourth-order valence-electron chi connectivity index (χ4n) is 6.58. The number of quaternary nitrogens is 1. The molecule has 9 heteroatoms. The molecule has 0 aromatic heterocycles. The molecule has 0 aliphatic heterocycles. The number of amides is 1. The van der Waals surface area contributed by atoms with E-state index in [4.69, 9.17) is 9.05 Å². The van der Waals surface area contributed by atoms with E-state index in [0.29, 0.717) is 17.4 Å². The summed E-state index contributed by atoms with van der Waals surface area (Å²) in [5.41, 5.74) is 0. The van der Waals surface area contributed by atoms with Crippen molar-refractivity contribution in [3.8, 4) is 0 Å². The van der Waals surface area contributed by atoms with Gasteiger partial charge in [-0.25, -0.2) is 4.57 Å². The first-order valence-corrected chi connectivity index (χ1v) is 25.8. The van der Waals surface area contributed by atoms with Crippen molar-refractivity contribution in [2.24, 2.45) is 0 Å². The van der Waals surface area contributed by atoms with Gasteiger partial charge in [-0.05, 0) is 70.6 Å². The Balaban J connectivity index is 4.28. The highest BCUT2D eigenvalue weighted by Crippen LogP contribution is 2.43. The Morgan fingerprint density at radius 1 is 0.583 bits per heavy atom. The van der Waals surface area contributed by atoms with Crippen molar-refractivity contribution in [2.75, 3.05) is 40.9 Å². The van der Waals surface area contributed by atoms with Gasteiger partial charge in [0.1, 0.15) is 13.2 Å². The van der Waals surface area contributed by atoms with Crippen molar-refractivity contribution in [3.63, 3.8) is 0 Å². The predicted octanol–water partition coefficient (Wildman–Crippen LogP) is 14.0. The maximum absolute atomic E-state index is 12.9. The average molecular weight is 862 g/mol. The quantitative estimate of drug-likeness (QED) is 0.0244. The van der Waals surface area contributed by atoms with Gasteiger partial charge in [-0.1, -0.05) is 189 Å². The summed E-state index contributed by atoms with van der Waals surface area (Å²) in [6.45, 7) is 4.66. The molecular formula is C51H94N2O6P+. The minimum atomic E-state index is -4.35. The molecule has 0 bridgehead atoms. The van der Waals surface area contributed by atoms with Crippen LogP contribution >= 0.6 is 7.82 Å². The third kappa shape index (κ3) is 44.0. The predicted molar refractivity (Wildman–Crippen MR) is 258 cm³/mol. The molecule has 0 aliphatic carbocycles. The third-order valence-corrected chi connectivity index (χ3v) is 11.4. The number of allylic oxidation sites excluding steroid dienone is 11. The van der Waals surface area contributed by atoms with E-state index in [0.717, 1.165) is 64.2 Å². The Hall–Kier alpha value is -2.06. The maximum atomic E-state index is 12.9. The molecule has 0 rings (SSSR count). The Morgan fingerprint density at radius 3 is 1.53 bits per heavy atom. The molecule has 0 aliphatic rings. The highest BCUT2D eigenvalue weighted by atomic mass is 31.2. The minimum absolute atomic E-state index is 0.0530. The van der Waals surface area contributed by atoms with Crippen LogP contribution in [0.25, 0.3) is 0 Å². The number of rotatable bonds is 43. The van der Waals surface area contributed by atoms with Crippen LogP contribution in [-0.2, 0) is 18.4 Å². The second-order valence-corrected chi connectivity index (χ2v) is 18.9. The first-order chi connectivity index (χ1) is 29.0. The molecule has 3 unspecified atom stereocenters. The Kier molecular flexibility index (Phi) is 40.8. The molecule has 8 nitrogen and oxygen atoms in total. The number of aliphatic hydroxyl groups is 1. The first-order valence-electron chi connectivity index (χ1n) is 24.3. The summed E-state index contributed by atoms with van der Waals surface area (Å²) < 4.78 is 23.6. The molecule has 0 radical (unpaired) electrons. The second kappa shape index (κ2) is 42.3. The van der Waals surface area contributed by atoms with Crippen molar-refractivity contribution >= 4 is 13.7 Å². The fraction of sp³-hybridized carbons (Fsp3) is 0.745. The zero-order valence-electron chi connectivity index (χ0n) is 39.4. The number of phosphoric acid groups is 1. The van der Waals surface area contributed by atoms with E-state index < -0.39 is 20.0 Å². The van der Waals surface area contributed by atoms with Gasteiger partial charge in [0.15, 0.2) is 0 Å². The number of nitrogens with one attached hydrogen (secondary N) is 1. The number of aliphatic hydroxyl groups excluding tert-OH is 1. The number of carbonyl (C=O) groups is 1. The molecule has 1 amide bonds. The molecule has 3 atom stereocenters. The molecular weight excluding hydrogens is 768 g/mol. The van der Waals surface area contributed by atoms with E-state index >= 15 is 0 Å². The summed E-state index contributed by atoms with van der Waals surface area (Å²) in [6.07, 6.45) is 57.0. The summed E-state index contributed by atoms with van der Waals surface area (Å²) in [5, 5.41) is 13.8. The standard InChI is InChI=1S/C51H93N2O6P/c1-6-8-10-12-14-16-18-20-21-22-23-24-25-26-27-28-29-30-31-33-35-37-39-41-43-45-51(55)52-49(48-59-60(56,57)58-47-46-53(3,4)5)50(54)44-42-40-38-36-34-32-19-17-15-13-11-9-7-2/h8,10,14,16,20-21,23-24,34,36,42,44,49-50,54H,6-7,9,11-13,15,17-19,22,25-33,35,37-41,43,45-48H2,1-5H3,(H-,52,55,56,57)/p+1/b10-8-,16-14-,21-20-,24-23-,36-34+,44-42+. The van der Waals surface area contributed by atoms with Crippen LogP contribution in [0.2, 0.25) is 0 Å². The minimum Gasteiger partial charge on any atom is -0.387 e. The van der Waals surface area contributed by atoms with E-state index in [2.05, 4.69) is 79.9 Å². The largest absolute Gasteiger partial charge is 0.472 e. The molecule has 348 valence electrons. The summed E-state index contributed by atoms with van der Waals surface area (Å²) in [5.74, 6) is -0.193. The molecule has 0 aromatic rings. The molecule has 0 saturated carbocycles. The van der Waals surface area contributed by atoms with Crippen molar-refractivity contribution < 1.29 is 32.9 Å². The SMILES string of the molecule is CC/C=C\C/C=C\C/C=C\C/C=C\CCCCCCCCCCCCCCC(=O)NC(COP(=O)(O)OCC[N+](C)(C)C)C(O)/C=C/CC/C=C/CCCCCCCCC. The van der Waals surface area contributed by atoms with Crippen LogP contribution < -0.4 is 5.32 Å². The van der Waals surface area contributed by atoms with Gasteiger partial charge in [-0.15, -0.1) is 0 Å². The van der Waals surface area contributed by atoms with Gasteiger partial charge in [0.05, 0.1) is 39.9 Å². The number of unbranched alkanes of at least 4 members (excludes halogenated alkanes) is 20. The van der Waals surface area contributed by atoms with E-state index in [1.54, 1.807) is 6.08 Å². The van der Waals surface area contributed by atoms with Crippen LogP contribution in [-0.4, -0.2) is 73.4 Å². The monoisotopic (exact) mass is 862 g/mol. The lowest BCUT2D eigenvalue weighted by Crippen LogP contribution is -2.45. The van der Waals surface area contributed by atoms with Gasteiger partial charge in [-0.3, -0.25) is 13.8 Å². The Bertz CT molecular complexity index is 1200. The number of hydrogen-bond donors (Lipinski definition) is 3. The van der Waals surface area contributed by atoms with Crippen LogP contribution in [0.5, 0.6) is 0 Å². The molecule has 3 N–H and O–H groups in total. The lowest BCUT2D eigenvalue weighted by Gasteiger charge is -2.25. The zero-order valence-corrected chi connectivity index (χ0v) is 40.3. The number of carbonyl (C=O) groups excluding carboxylic acids is 1. The van der Waals surface area contributed by atoms with Gasteiger partial charge in [-0.2, -0.15) is 0 Å². The first kappa shape index (κ1) is 57.9. The third-order valence-electron chi connectivity index (χ3n) is 10.4. The van der Waals surface area contributed by atoms with Gasteiger partial charge in [0.25, 0.3) is 0 Å². The Morgan fingerprint density at radius 2 is 1.02 bits per heavy atom. The summed E-state index contributed by atoms with van der Waals surface area (Å²) >= 11 is 0. The van der Waals surface area contributed by atoms with Gasteiger partial charge < -0.3 is 19.8 Å². The lowest BCUT2D eigenvalue weighted by atomic mass is 10.0. The number of phosphoric ester groups is 1. The topological polar surface area (TPSA) is 105 Å². The van der Waals surface area contributed by atoms with E-state index in [1.807, 2.05) is 27.2 Å². The van der Waals surface area contributed by atoms with Crippen molar-refractivity contribution in [3.05, 3.63) is 72.9 Å². The van der Waals surface area contributed by atoms with Crippen LogP contribution in [0.1, 0.15) is 194 Å². The second-order valence-electron chi connectivity index (χ2n) is 17.4. The normalized spacial score (nSPS) is 14.8. The molecule has 0 spiro atoms. The molecule has 0 heterocycles. The van der Waals surface area contributed by atoms with Crippen LogP contribution in [0.15, 0.2) is 72.9 Å². The van der Waals surface area contributed by atoms with Gasteiger partial charge in [0, 0.05) is 6.42 Å². The van der Waals surface area contributed by atoms with E-state index in [9.17, 15) is 19.4 Å². The van der Waals surface area contributed by atoms with E-state index in [1.165, 1.54) is 109 Å². The van der Waals surface area contributed by atoms with Crippen molar-refractivity contribution in [1.29, 1.82) is 0 Å². The van der Waals surface area contributed by atoms with Crippen LogP contribution in [0, 0.1) is 0 Å². The Labute approximate surface area is 370 Å². The van der Waals surface area contributed by atoms with Crippen LogP contribution in [0.4, 0.5) is 0 Å². The highest BCUT2D eigenvalue weighted by Gasteiger charge is 2.27. The van der Waals surface area contributed by atoms with E-state index in [-0.39, 0.29) is 19.1 Å². The molecule has 0 fully saturated rings. The summed E-state index contributed by atoms with van der Waals surface area (Å²) in [4.78, 5) is 23.2. The number of likely N-dealkylation sites (N-methyl/N-ethyl adjacent to an activating group) is 1. The molecule has 0 aromatic carbocycles.